The maximum absolute atomic E-state index is 14.9. The van der Waals surface area contributed by atoms with Crippen LogP contribution in [0.15, 0.2) is 72.4 Å². The Balaban J connectivity index is 1.94. The first-order chi connectivity index (χ1) is 15.4. The number of benzene rings is 2. The lowest BCUT2D eigenvalue weighted by molar-refractivity contribution is -0.132. The third-order valence-electron chi connectivity index (χ3n) is 5.30. The lowest BCUT2D eigenvalue weighted by Gasteiger charge is -2.24. The number of halogens is 1. The summed E-state index contributed by atoms with van der Waals surface area (Å²) >= 11 is 0. The van der Waals surface area contributed by atoms with Gasteiger partial charge in [-0.05, 0) is 55.8 Å². The third kappa shape index (κ3) is 3.62. The first kappa shape index (κ1) is 21.2. The minimum Gasteiger partial charge on any atom is -0.507 e. The molecule has 1 N–H and O–H groups in total. The van der Waals surface area contributed by atoms with Crippen LogP contribution in [0.25, 0.3) is 5.76 Å². The Morgan fingerprint density at radius 3 is 2.53 bits per heavy atom. The number of ether oxygens (including phenoxy) is 1. The molecule has 3 aromatic rings. The van der Waals surface area contributed by atoms with Gasteiger partial charge in [0.2, 0.25) is 0 Å². The molecule has 162 valence electrons. The molecule has 1 fully saturated rings. The van der Waals surface area contributed by atoms with Crippen LogP contribution >= 0.6 is 0 Å². The van der Waals surface area contributed by atoms with E-state index < -0.39 is 23.5 Å². The zero-order valence-electron chi connectivity index (χ0n) is 17.6. The van der Waals surface area contributed by atoms with E-state index in [0.717, 1.165) is 4.90 Å². The average molecular weight is 432 g/mol. The first-order valence-electron chi connectivity index (χ1n) is 10.1. The van der Waals surface area contributed by atoms with Gasteiger partial charge in [-0.3, -0.25) is 14.5 Å². The molecule has 1 amide bonds. The first-order valence-corrected chi connectivity index (χ1v) is 10.1. The van der Waals surface area contributed by atoms with E-state index in [1.54, 1.807) is 49.4 Å². The van der Waals surface area contributed by atoms with Crippen molar-refractivity contribution in [3.63, 3.8) is 0 Å². The summed E-state index contributed by atoms with van der Waals surface area (Å²) in [6.45, 7) is 4.09. The van der Waals surface area contributed by atoms with Gasteiger partial charge >= 0.3 is 5.91 Å². The van der Waals surface area contributed by atoms with Gasteiger partial charge in [-0.15, -0.1) is 0 Å². The summed E-state index contributed by atoms with van der Waals surface area (Å²) in [7, 11) is 0. The largest absolute Gasteiger partial charge is 0.507 e. The van der Waals surface area contributed by atoms with Crippen LogP contribution in [0.3, 0.4) is 0 Å². The minimum absolute atomic E-state index is 0.0856. The number of aromatic nitrogens is 1. The lowest BCUT2D eigenvalue weighted by atomic mass is 9.93. The second-order valence-corrected chi connectivity index (χ2v) is 7.29. The Morgan fingerprint density at radius 2 is 1.88 bits per heavy atom. The molecule has 7 heteroatoms. The normalized spacial score (nSPS) is 17.6. The SMILES string of the molecule is CCOc1ccc(C(O)=C2C(=O)C(=O)N(c3ccccn3)[C@H]2c2ccccc2F)c(C)c1. The second kappa shape index (κ2) is 8.63. The zero-order valence-corrected chi connectivity index (χ0v) is 17.6. The fourth-order valence-corrected chi connectivity index (χ4v) is 3.86. The number of anilines is 1. The molecule has 0 aliphatic carbocycles. The standard InChI is InChI=1S/C25H21FN2O4/c1-3-32-16-11-12-17(15(2)14-16)23(29)21-22(18-8-4-5-9-19(18)26)28(25(31)24(21)30)20-10-6-7-13-27-20/h4-14,22,29H,3H2,1-2H3/t22-/m0/s1. The number of pyridine rings is 1. The molecule has 2 heterocycles. The highest BCUT2D eigenvalue weighted by molar-refractivity contribution is 6.51. The van der Waals surface area contributed by atoms with Gasteiger partial charge < -0.3 is 9.84 Å². The van der Waals surface area contributed by atoms with Crippen molar-refractivity contribution in [3.8, 4) is 5.75 Å². The number of Topliss-reactive ketones (excluding diaryl/α,β-unsaturated/α-hetero) is 1. The number of ketones is 1. The van der Waals surface area contributed by atoms with Crippen molar-refractivity contribution in [3.05, 3.63) is 94.9 Å². The number of rotatable bonds is 5. The smallest absolute Gasteiger partial charge is 0.301 e. The Morgan fingerprint density at radius 1 is 1.12 bits per heavy atom. The number of carbonyl (C=O) groups is 2. The van der Waals surface area contributed by atoms with Crippen molar-refractivity contribution in [2.75, 3.05) is 11.5 Å². The highest BCUT2D eigenvalue weighted by atomic mass is 19.1. The quantitative estimate of drug-likeness (QED) is 0.363. The number of hydrogen-bond donors (Lipinski definition) is 1. The number of aliphatic hydroxyl groups is 1. The fourth-order valence-electron chi connectivity index (χ4n) is 3.86. The van der Waals surface area contributed by atoms with Crippen LogP contribution in [0.1, 0.15) is 29.7 Å². The molecule has 6 nitrogen and oxygen atoms in total. The fraction of sp³-hybridized carbons (Fsp3) is 0.160. The third-order valence-corrected chi connectivity index (χ3v) is 5.30. The van der Waals surface area contributed by atoms with Crippen LogP contribution in [0.4, 0.5) is 10.2 Å². The number of amides is 1. The summed E-state index contributed by atoms with van der Waals surface area (Å²) in [4.78, 5) is 31.4. The van der Waals surface area contributed by atoms with Crippen LogP contribution in [0.2, 0.25) is 0 Å². The summed E-state index contributed by atoms with van der Waals surface area (Å²) < 4.78 is 20.3. The number of hydrogen-bond acceptors (Lipinski definition) is 5. The number of aryl methyl sites for hydroxylation is 1. The second-order valence-electron chi connectivity index (χ2n) is 7.29. The molecule has 0 radical (unpaired) electrons. The Bertz CT molecular complexity index is 1220. The summed E-state index contributed by atoms with van der Waals surface area (Å²) in [5, 5.41) is 11.2. The van der Waals surface area contributed by atoms with Gasteiger partial charge in [0.1, 0.15) is 23.1 Å². The summed E-state index contributed by atoms with van der Waals surface area (Å²) in [5.74, 6) is -1.98. The summed E-state index contributed by atoms with van der Waals surface area (Å²) in [6.07, 6.45) is 1.48. The monoisotopic (exact) mass is 432 g/mol. The molecule has 1 aliphatic heterocycles. The van der Waals surface area contributed by atoms with E-state index in [9.17, 15) is 19.1 Å². The molecule has 0 bridgehead atoms. The lowest BCUT2D eigenvalue weighted by Crippen LogP contribution is -2.30. The van der Waals surface area contributed by atoms with Crippen LogP contribution < -0.4 is 9.64 Å². The van der Waals surface area contributed by atoms with Crippen LogP contribution in [0.5, 0.6) is 5.75 Å². The van der Waals surface area contributed by atoms with Gasteiger partial charge in [0, 0.05) is 17.3 Å². The van der Waals surface area contributed by atoms with Gasteiger partial charge in [0.25, 0.3) is 5.78 Å². The van der Waals surface area contributed by atoms with E-state index in [0.29, 0.717) is 23.5 Å². The van der Waals surface area contributed by atoms with Gasteiger partial charge in [0.15, 0.2) is 0 Å². The molecule has 2 aromatic carbocycles. The van der Waals surface area contributed by atoms with Crippen LogP contribution in [-0.4, -0.2) is 28.4 Å². The molecule has 1 saturated heterocycles. The van der Waals surface area contributed by atoms with Crippen molar-refractivity contribution >= 4 is 23.3 Å². The molecule has 0 saturated carbocycles. The van der Waals surface area contributed by atoms with Gasteiger partial charge in [-0.1, -0.05) is 24.3 Å². The number of aliphatic hydroxyl groups excluding tert-OH is 1. The number of carbonyl (C=O) groups excluding carboxylic acids is 2. The maximum Gasteiger partial charge on any atom is 0.301 e. The van der Waals surface area contributed by atoms with Crippen molar-refractivity contribution < 1.29 is 23.8 Å². The topological polar surface area (TPSA) is 79.7 Å². The summed E-state index contributed by atoms with van der Waals surface area (Å²) in [5.41, 5.74) is 0.888. The van der Waals surface area contributed by atoms with E-state index in [4.69, 9.17) is 4.74 Å². The summed E-state index contributed by atoms with van der Waals surface area (Å²) in [6, 6.07) is 14.6. The molecule has 0 spiro atoms. The van der Waals surface area contributed by atoms with E-state index in [-0.39, 0.29) is 22.7 Å². The molecular weight excluding hydrogens is 411 g/mol. The van der Waals surface area contributed by atoms with E-state index in [2.05, 4.69) is 4.98 Å². The van der Waals surface area contributed by atoms with Crippen LogP contribution in [0, 0.1) is 12.7 Å². The van der Waals surface area contributed by atoms with E-state index in [1.165, 1.54) is 24.4 Å². The molecule has 4 rings (SSSR count). The van der Waals surface area contributed by atoms with Gasteiger partial charge in [0.05, 0.1) is 18.2 Å². The molecule has 1 atom stereocenters. The Kier molecular flexibility index (Phi) is 5.73. The molecule has 0 unspecified atom stereocenters. The van der Waals surface area contributed by atoms with Crippen LogP contribution in [-0.2, 0) is 9.59 Å². The highest BCUT2D eigenvalue weighted by Crippen LogP contribution is 2.42. The highest BCUT2D eigenvalue weighted by Gasteiger charge is 2.48. The van der Waals surface area contributed by atoms with Gasteiger partial charge in [-0.25, -0.2) is 9.37 Å². The zero-order chi connectivity index (χ0) is 22.8. The maximum atomic E-state index is 14.9. The molecule has 32 heavy (non-hydrogen) atoms. The molecular formula is C25H21FN2O4. The predicted molar refractivity (Wildman–Crippen MR) is 118 cm³/mol. The Hall–Kier alpha value is -4.00. The average Bonchev–Trinajstić information content (AvgIpc) is 3.05. The Labute approximate surface area is 184 Å². The number of nitrogens with zero attached hydrogens (tertiary/aromatic N) is 2. The van der Waals surface area contributed by atoms with Gasteiger partial charge in [-0.2, -0.15) is 0 Å². The minimum atomic E-state index is -1.17. The van der Waals surface area contributed by atoms with Crippen molar-refractivity contribution in [2.24, 2.45) is 0 Å². The molecule has 1 aromatic heterocycles. The van der Waals surface area contributed by atoms with E-state index in [1.807, 2.05) is 6.92 Å². The predicted octanol–water partition coefficient (Wildman–Crippen LogP) is 4.55. The van der Waals surface area contributed by atoms with Crippen molar-refractivity contribution in [1.82, 2.24) is 4.98 Å². The van der Waals surface area contributed by atoms with Crippen molar-refractivity contribution in [2.45, 2.75) is 19.9 Å². The van der Waals surface area contributed by atoms with E-state index >= 15 is 0 Å². The molecule has 1 aliphatic rings. The van der Waals surface area contributed by atoms with Crippen molar-refractivity contribution in [1.29, 1.82) is 0 Å².